The highest BCUT2D eigenvalue weighted by molar-refractivity contribution is 5.24. The van der Waals surface area contributed by atoms with Gasteiger partial charge in [0.2, 0.25) is 0 Å². The second-order valence-electron chi connectivity index (χ2n) is 5.78. The molecular weight excluding hydrogens is 210 g/mol. The van der Waals surface area contributed by atoms with Gasteiger partial charge in [0.1, 0.15) is 0 Å². The molecule has 0 aliphatic heterocycles. The highest BCUT2D eigenvalue weighted by atomic mass is 15.3. The molecule has 0 aromatic carbocycles. The van der Waals surface area contributed by atoms with Crippen LogP contribution in [0.3, 0.4) is 0 Å². The first-order valence-corrected chi connectivity index (χ1v) is 7.00. The van der Waals surface area contributed by atoms with Crippen molar-refractivity contribution >= 4 is 0 Å². The Hall–Kier alpha value is -0.830. The lowest BCUT2D eigenvalue weighted by molar-refractivity contribution is 0.264. The monoisotopic (exact) mass is 233 g/mol. The first kappa shape index (κ1) is 11.3. The van der Waals surface area contributed by atoms with Crippen LogP contribution in [0.1, 0.15) is 49.1 Å². The lowest BCUT2D eigenvalue weighted by Crippen LogP contribution is -2.20. The van der Waals surface area contributed by atoms with Gasteiger partial charge in [0.25, 0.3) is 0 Å². The van der Waals surface area contributed by atoms with Gasteiger partial charge in [-0.25, -0.2) is 0 Å². The number of hydrogen-bond donors (Lipinski definition) is 1. The van der Waals surface area contributed by atoms with Crippen molar-refractivity contribution in [3.8, 4) is 0 Å². The zero-order valence-corrected chi connectivity index (χ0v) is 11.0. The molecule has 3 nitrogen and oxygen atoms in total. The quantitative estimate of drug-likeness (QED) is 0.847. The van der Waals surface area contributed by atoms with Gasteiger partial charge in [-0.1, -0.05) is 6.42 Å². The molecule has 0 atom stereocenters. The minimum absolute atomic E-state index is 0.781. The normalized spacial score (nSPS) is 20.6. The van der Waals surface area contributed by atoms with E-state index in [4.69, 9.17) is 5.10 Å². The van der Waals surface area contributed by atoms with Crippen LogP contribution in [0, 0.1) is 19.8 Å². The number of nitrogens with one attached hydrogen (secondary N) is 1. The summed E-state index contributed by atoms with van der Waals surface area (Å²) in [4.78, 5) is 0. The molecule has 0 radical (unpaired) electrons. The predicted molar refractivity (Wildman–Crippen MR) is 68.9 cm³/mol. The van der Waals surface area contributed by atoms with Crippen LogP contribution in [0.5, 0.6) is 0 Å². The van der Waals surface area contributed by atoms with Gasteiger partial charge in [-0.3, -0.25) is 4.68 Å². The fourth-order valence-corrected chi connectivity index (χ4v) is 2.62. The maximum absolute atomic E-state index is 4.71. The molecule has 3 rings (SSSR count). The summed E-state index contributed by atoms with van der Waals surface area (Å²) in [5, 5.41) is 8.30. The van der Waals surface area contributed by atoms with E-state index in [1.54, 1.807) is 0 Å². The summed E-state index contributed by atoms with van der Waals surface area (Å²) in [5.41, 5.74) is 4.02. The third-order valence-corrected chi connectivity index (χ3v) is 4.33. The number of nitrogens with zero attached hydrogens (tertiary/aromatic N) is 2. The highest BCUT2D eigenvalue weighted by Gasteiger charge is 2.23. The Kier molecular flexibility index (Phi) is 2.95. The molecule has 0 bridgehead atoms. The van der Waals surface area contributed by atoms with Crippen LogP contribution in [0.25, 0.3) is 0 Å². The molecule has 1 heterocycles. The van der Waals surface area contributed by atoms with E-state index in [9.17, 15) is 0 Å². The molecule has 0 saturated heterocycles. The van der Waals surface area contributed by atoms with Gasteiger partial charge in [-0.2, -0.15) is 5.10 Å². The molecule has 1 aromatic rings. The number of hydrogen-bond acceptors (Lipinski definition) is 2. The van der Waals surface area contributed by atoms with Crippen LogP contribution >= 0.6 is 0 Å². The maximum Gasteiger partial charge on any atom is 0.0641 e. The Morgan fingerprint density at radius 2 is 2.00 bits per heavy atom. The molecule has 1 N–H and O–H groups in total. The molecule has 2 saturated carbocycles. The topological polar surface area (TPSA) is 29.9 Å². The Morgan fingerprint density at radius 3 is 2.59 bits per heavy atom. The van der Waals surface area contributed by atoms with E-state index >= 15 is 0 Å². The molecule has 17 heavy (non-hydrogen) atoms. The van der Waals surface area contributed by atoms with E-state index in [1.165, 1.54) is 49.1 Å². The minimum atomic E-state index is 0.781. The smallest absolute Gasteiger partial charge is 0.0641 e. The summed E-state index contributed by atoms with van der Waals surface area (Å²) in [5.74, 6) is 0.886. The molecule has 0 spiro atoms. The van der Waals surface area contributed by atoms with Crippen molar-refractivity contribution in [2.75, 3.05) is 0 Å². The Bertz CT molecular complexity index is 400. The van der Waals surface area contributed by atoms with Gasteiger partial charge in [-0.05, 0) is 45.4 Å². The molecule has 2 aliphatic rings. The highest BCUT2D eigenvalue weighted by Crippen LogP contribution is 2.29. The largest absolute Gasteiger partial charge is 0.310 e. The maximum atomic E-state index is 4.71. The van der Waals surface area contributed by atoms with E-state index in [0.717, 1.165) is 25.0 Å². The lowest BCUT2D eigenvalue weighted by atomic mass is 9.85. The van der Waals surface area contributed by atoms with Gasteiger partial charge in [0.15, 0.2) is 0 Å². The van der Waals surface area contributed by atoms with E-state index in [-0.39, 0.29) is 0 Å². The molecule has 1 aromatic heterocycles. The summed E-state index contributed by atoms with van der Waals surface area (Å²) in [7, 11) is 0. The van der Waals surface area contributed by atoms with Gasteiger partial charge in [0, 0.05) is 30.4 Å². The fraction of sp³-hybridized carbons (Fsp3) is 0.786. The van der Waals surface area contributed by atoms with E-state index in [2.05, 4.69) is 23.8 Å². The lowest BCUT2D eigenvalue weighted by Gasteiger charge is -2.25. The number of aryl methyl sites for hydroxylation is 1. The zero-order chi connectivity index (χ0) is 11.8. The average Bonchev–Trinajstić information content (AvgIpc) is 3.01. The van der Waals surface area contributed by atoms with Crippen molar-refractivity contribution in [2.24, 2.45) is 5.92 Å². The molecule has 3 heteroatoms. The van der Waals surface area contributed by atoms with Gasteiger partial charge < -0.3 is 5.32 Å². The Balaban J connectivity index is 1.68. The van der Waals surface area contributed by atoms with Gasteiger partial charge in [-0.15, -0.1) is 0 Å². The van der Waals surface area contributed by atoms with Crippen LogP contribution in [-0.2, 0) is 13.1 Å². The summed E-state index contributed by atoms with van der Waals surface area (Å²) in [6.07, 6.45) is 6.92. The third-order valence-electron chi connectivity index (χ3n) is 4.33. The van der Waals surface area contributed by atoms with Crippen LogP contribution in [0.2, 0.25) is 0 Å². The van der Waals surface area contributed by atoms with Crippen molar-refractivity contribution in [2.45, 2.75) is 65.1 Å². The molecule has 2 aliphatic carbocycles. The zero-order valence-electron chi connectivity index (χ0n) is 11.0. The second kappa shape index (κ2) is 4.45. The third kappa shape index (κ3) is 2.39. The first-order valence-electron chi connectivity index (χ1n) is 7.00. The average molecular weight is 233 g/mol. The van der Waals surface area contributed by atoms with Gasteiger partial charge in [0.05, 0.1) is 5.69 Å². The molecular formula is C14H23N3. The molecule has 0 unspecified atom stereocenters. The SMILES string of the molecule is Cc1nn(CC2CCC2)c(C)c1CNC1CC1. The van der Waals surface area contributed by atoms with Gasteiger partial charge >= 0.3 is 0 Å². The number of aromatic nitrogens is 2. The van der Waals surface area contributed by atoms with Crippen molar-refractivity contribution in [3.05, 3.63) is 17.0 Å². The van der Waals surface area contributed by atoms with Crippen molar-refractivity contribution in [1.29, 1.82) is 0 Å². The molecule has 2 fully saturated rings. The van der Waals surface area contributed by atoms with Crippen LogP contribution in [-0.4, -0.2) is 15.8 Å². The van der Waals surface area contributed by atoms with E-state index < -0.39 is 0 Å². The second-order valence-corrected chi connectivity index (χ2v) is 5.78. The van der Waals surface area contributed by atoms with Crippen LogP contribution < -0.4 is 5.32 Å². The minimum Gasteiger partial charge on any atom is -0.310 e. The van der Waals surface area contributed by atoms with Crippen LogP contribution in [0.4, 0.5) is 0 Å². The fourth-order valence-electron chi connectivity index (χ4n) is 2.62. The van der Waals surface area contributed by atoms with Crippen molar-refractivity contribution < 1.29 is 0 Å². The predicted octanol–water partition coefficient (Wildman–Crippen LogP) is 2.55. The standard InChI is InChI=1S/C14H23N3/c1-10-14(8-15-13-6-7-13)11(2)17(16-10)9-12-4-3-5-12/h12-13,15H,3-9H2,1-2H3. The van der Waals surface area contributed by atoms with Crippen molar-refractivity contribution in [1.82, 2.24) is 15.1 Å². The molecule has 0 amide bonds. The number of rotatable bonds is 5. The summed E-state index contributed by atoms with van der Waals surface area (Å²) < 4.78 is 2.24. The summed E-state index contributed by atoms with van der Waals surface area (Å²) in [6, 6.07) is 0.781. The van der Waals surface area contributed by atoms with E-state index in [1.807, 2.05) is 0 Å². The summed E-state index contributed by atoms with van der Waals surface area (Å²) >= 11 is 0. The molecule has 94 valence electrons. The Morgan fingerprint density at radius 1 is 1.24 bits per heavy atom. The van der Waals surface area contributed by atoms with Crippen molar-refractivity contribution in [3.63, 3.8) is 0 Å². The summed E-state index contributed by atoms with van der Waals surface area (Å²) in [6.45, 7) is 6.51. The van der Waals surface area contributed by atoms with Crippen LogP contribution in [0.15, 0.2) is 0 Å². The van der Waals surface area contributed by atoms with E-state index in [0.29, 0.717) is 0 Å². The Labute approximate surface area is 104 Å². The first-order chi connectivity index (χ1) is 8.24.